The van der Waals surface area contributed by atoms with Crippen LogP contribution in [0.15, 0.2) is 0 Å². The number of carboxylic acid groups (broad SMARTS) is 1. The van der Waals surface area contributed by atoms with Gasteiger partial charge in [0.05, 0.1) is 19.3 Å². The van der Waals surface area contributed by atoms with Crippen molar-refractivity contribution in [3.63, 3.8) is 0 Å². The summed E-state index contributed by atoms with van der Waals surface area (Å²) in [5.74, 6) is -0.858. The van der Waals surface area contributed by atoms with Crippen LogP contribution in [-0.4, -0.2) is 36.0 Å². The standard InChI is InChI=1S/C6H8O4/c7-5(8)6(3-10-6)1-4-2-9-4/h4H,1-3H2,(H,7,8). The average Bonchev–Trinajstić information content (AvgIpc) is 2.65. The van der Waals surface area contributed by atoms with Gasteiger partial charge in [-0.05, 0) is 0 Å². The highest BCUT2D eigenvalue weighted by Crippen LogP contribution is 2.36. The van der Waals surface area contributed by atoms with Gasteiger partial charge in [0.15, 0.2) is 5.60 Å². The summed E-state index contributed by atoms with van der Waals surface area (Å²) < 4.78 is 9.72. The second kappa shape index (κ2) is 1.71. The zero-order valence-electron chi connectivity index (χ0n) is 5.37. The maximum absolute atomic E-state index is 10.5. The van der Waals surface area contributed by atoms with Gasteiger partial charge in [-0.25, -0.2) is 4.79 Å². The Balaban J connectivity index is 1.93. The van der Waals surface area contributed by atoms with Gasteiger partial charge in [-0.2, -0.15) is 0 Å². The van der Waals surface area contributed by atoms with Gasteiger partial charge in [-0.3, -0.25) is 0 Å². The minimum absolute atomic E-state index is 0.138. The van der Waals surface area contributed by atoms with E-state index in [9.17, 15) is 4.79 Å². The summed E-state index contributed by atoms with van der Waals surface area (Å²) in [5, 5.41) is 8.60. The molecule has 2 saturated heterocycles. The number of ether oxygens (including phenoxy) is 2. The smallest absolute Gasteiger partial charge is 0.338 e. The van der Waals surface area contributed by atoms with Crippen LogP contribution in [0.3, 0.4) is 0 Å². The van der Waals surface area contributed by atoms with Crippen LogP contribution in [0.4, 0.5) is 0 Å². The fourth-order valence-corrected chi connectivity index (χ4v) is 0.969. The predicted molar refractivity (Wildman–Crippen MR) is 30.7 cm³/mol. The Labute approximate surface area is 57.7 Å². The number of rotatable bonds is 3. The summed E-state index contributed by atoms with van der Waals surface area (Å²) in [6, 6.07) is 0. The molecule has 4 heteroatoms. The Kier molecular flexibility index (Phi) is 1.04. The molecular formula is C6H8O4. The average molecular weight is 144 g/mol. The van der Waals surface area contributed by atoms with Crippen molar-refractivity contribution in [2.45, 2.75) is 18.1 Å². The Morgan fingerprint density at radius 1 is 1.80 bits per heavy atom. The van der Waals surface area contributed by atoms with Crippen molar-refractivity contribution in [3.05, 3.63) is 0 Å². The van der Waals surface area contributed by atoms with Crippen molar-refractivity contribution in [2.75, 3.05) is 13.2 Å². The van der Waals surface area contributed by atoms with E-state index in [1.54, 1.807) is 0 Å². The third kappa shape index (κ3) is 0.892. The summed E-state index contributed by atoms with van der Waals surface area (Å²) in [7, 11) is 0. The number of carbonyl (C=O) groups is 1. The van der Waals surface area contributed by atoms with Crippen LogP contribution < -0.4 is 0 Å². The molecule has 2 rings (SSSR count). The summed E-state index contributed by atoms with van der Waals surface area (Å²) in [6.45, 7) is 1.04. The quantitative estimate of drug-likeness (QED) is 0.549. The first-order valence-corrected chi connectivity index (χ1v) is 3.22. The van der Waals surface area contributed by atoms with E-state index in [1.807, 2.05) is 0 Å². The molecule has 2 unspecified atom stereocenters. The summed E-state index contributed by atoms with van der Waals surface area (Å²) in [4.78, 5) is 10.5. The normalized spacial score (nSPS) is 43.0. The van der Waals surface area contributed by atoms with E-state index in [-0.39, 0.29) is 6.10 Å². The van der Waals surface area contributed by atoms with Gasteiger partial charge < -0.3 is 14.6 Å². The molecule has 2 heterocycles. The molecule has 0 aromatic heterocycles. The van der Waals surface area contributed by atoms with E-state index in [1.165, 1.54) is 0 Å². The summed E-state index contributed by atoms with van der Waals surface area (Å²) in [6.07, 6.45) is 0.654. The molecule has 2 fully saturated rings. The second-order valence-corrected chi connectivity index (χ2v) is 2.75. The third-order valence-electron chi connectivity index (χ3n) is 1.84. The van der Waals surface area contributed by atoms with Gasteiger partial charge >= 0.3 is 5.97 Å². The molecule has 2 atom stereocenters. The lowest BCUT2D eigenvalue weighted by molar-refractivity contribution is -0.143. The summed E-state index contributed by atoms with van der Waals surface area (Å²) in [5.41, 5.74) is -0.874. The maximum Gasteiger partial charge on any atom is 0.338 e. The molecule has 2 aliphatic rings. The second-order valence-electron chi connectivity index (χ2n) is 2.75. The molecule has 0 aromatic carbocycles. The number of carboxylic acids is 1. The van der Waals surface area contributed by atoms with Crippen LogP contribution in [0.25, 0.3) is 0 Å². The topological polar surface area (TPSA) is 62.4 Å². The molecule has 0 spiro atoms. The van der Waals surface area contributed by atoms with Gasteiger partial charge in [0.1, 0.15) is 0 Å². The molecule has 0 aromatic rings. The molecule has 0 aliphatic carbocycles. The minimum Gasteiger partial charge on any atom is -0.479 e. The third-order valence-corrected chi connectivity index (χ3v) is 1.84. The maximum atomic E-state index is 10.5. The largest absolute Gasteiger partial charge is 0.479 e. The zero-order chi connectivity index (χ0) is 7.19. The highest BCUT2D eigenvalue weighted by molar-refractivity contribution is 5.80. The molecule has 0 radical (unpaired) electrons. The Morgan fingerprint density at radius 3 is 2.70 bits per heavy atom. The zero-order valence-corrected chi connectivity index (χ0v) is 5.37. The van der Waals surface area contributed by atoms with E-state index in [4.69, 9.17) is 14.6 Å². The Morgan fingerprint density at radius 2 is 2.40 bits per heavy atom. The molecule has 0 saturated carbocycles. The fourth-order valence-electron chi connectivity index (χ4n) is 0.969. The highest BCUT2D eigenvalue weighted by Gasteiger charge is 2.55. The van der Waals surface area contributed by atoms with Crippen molar-refractivity contribution < 1.29 is 19.4 Å². The molecule has 0 bridgehead atoms. The number of hydrogen-bond donors (Lipinski definition) is 1. The van der Waals surface area contributed by atoms with E-state index in [0.717, 1.165) is 0 Å². The fraction of sp³-hybridized carbons (Fsp3) is 0.833. The van der Waals surface area contributed by atoms with Gasteiger partial charge in [0.2, 0.25) is 0 Å². The SMILES string of the molecule is O=C(O)C1(CC2CO2)CO1. The number of aliphatic carboxylic acids is 1. The molecule has 10 heavy (non-hydrogen) atoms. The monoisotopic (exact) mass is 144 g/mol. The van der Waals surface area contributed by atoms with Gasteiger partial charge in [0, 0.05) is 6.42 Å². The molecule has 56 valence electrons. The lowest BCUT2D eigenvalue weighted by Gasteiger charge is -2.00. The van der Waals surface area contributed by atoms with E-state index in [0.29, 0.717) is 19.6 Å². The van der Waals surface area contributed by atoms with Crippen LogP contribution in [0.1, 0.15) is 6.42 Å². The first-order valence-electron chi connectivity index (χ1n) is 3.22. The highest BCUT2D eigenvalue weighted by atomic mass is 16.6. The molecule has 0 amide bonds. The number of hydrogen-bond acceptors (Lipinski definition) is 3. The predicted octanol–water partition coefficient (Wildman–Crippen LogP) is -0.371. The van der Waals surface area contributed by atoms with Crippen LogP contribution in [0.5, 0.6) is 0 Å². The Bertz CT molecular complexity index is 169. The van der Waals surface area contributed by atoms with Gasteiger partial charge in [0.25, 0.3) is 0 Å². The van der Waals surface area contributed by atoms with E-state index in [2.05, 4.69) is 0 Å². The lowest BCUT2D eigenvalue weighted by Crippen LogP contribution is -2.25. The van der Waals surface area contributed by atoms with Crippen LogP contribution in [0.2, 0.25) is 0 Å². The summed E-state index contributed by atoms with van der Waals surface area (Å²) >= 11 is 0. The van der Waals surface area contributed by atoms with Crippen molar-refractivity contribution in [1.29, 1.82) is 0 Å². The van der Waals surface area contributed by atoms with Crippen molar-refractivity contribution in [1.82, 2.24) is 0 Å². The first kappa shape index (κ1) is 6.12. The van der Waals surface area contributed by atoms with Gasteiger partial charge in [-0.1, -0.05) is 0 Å². The van der Waals surface area contributed by atoms with Crippen molar-refractivity contribution >= 4 is 5.97 Å². The molecule has 4 nitrogen and oxygen atoms in total. The Hall–Kier alpha value is -0.610. The van der Waals surface area contributed by atoms with Crippen LogP contribution in [0, 0.1) is 0 Å². The molecular weight excluding hydrogens is 136 g/mol. The van der Waals surface area contributed by atoms with Gasteiger partial charge in [-0.15, -0.1) is 0 Å². The molecule has 2 aliphatic heterocycles. The lowest BCUT2D eigenvalue weighted by atomic mass is 10.1. The van der Waals surface area contributed by atoms with Crippen LogP contribution >= 0.6 is 0 Å². The first-order chi connectivity index (χ1) is 4.73. The number of epoxide rings is 2. The van der Waals surface area contributed by atoms with Crippen LogP contribution in [-0.2, 0) is 14.3 Å². The van der Waals surface area contributed by atoms with E-state index < -0.39 is 11.6 Å². The van der Waals surface area contributed by atoms with Crippen molar-refractivity contribution in [2.24, 2.45) is 0 Å². The van der Waals surface area contributed by atoms with Crippen molar-refractivity contribution in [3.8, 4) is 0 Å². The minimum atomic E-state index is -0.874. The van der Waals surface area contributed by atoms with E-state index >= 15 is 0 Å². The molecule has 1 N–H and O–H groups in total.